The Morgan fingerprint density at radius 1 is 1.05 bits per heavy atom. The molecule has 0 saturated carbocycles. The lowest BCUT2D eigenvalue weighted by molar-refractivity contribution is -0.122. The molecule has 0 aromatic heterocycles. The zero-order chi connectivity index (χ0) is 14.8. The van der Waals surface area contributed by atoms with E-state index in [4.69, 9.17) is 10.5 Å². The summed E-state index contributed by atoms with van der Waals surface area (Å²) in [5.74, 6) is 0.496. The summed E-state index contributed by atoms with van der Waals surface area (Å²) in [6.07, 6.45) is 0. The van der Waals surface area contributed by atoms with E-state index in [1.807, 2.05) is 62.4 Å². The minimum Gasteiger partial charge on any atom is -0.497 e. The van der Waals surface area contributed by atoms with E-state index in [0.29, 0.717) is 0 Å². The highest BCUT2D eigenvalue weighted by molar-refractivity contribution is 5.86. The van der Waals surface area contributed by atoms with E-state index in [-0.39, 0.29) is 5.91 Å². The Morgan fingerprint density at radius 3 is 2.25 bits per heavy atom. The van der Waals surface area contributed by atoms with Crippen molar-refractivity contribution in [1.82, 2.24) is 0 Å². The van der Waals surface area contributed by atoms with Gasteiger partial charge in [0.15, 0.2) is 0 Å². The number of methoxy groups -OCH3 is 1. The number of hydrogen-bond donors (Lipinski definition) is 1. The smallest absolute Gasteiger partial charge is 0.227 e. The van der Waals surface area contributed by atoms with Crippen molar-refractivity contribution in [2.45, 2.75) is 19.3 Å². The van der Waals surface area contributed by atoms with Crippen molar-refractivity contribution in [2.24, 2.45) is 5.73 Å². The van der Waals surface area contributed by atoms with Gasteiger partial charge in [0.2, 0.25) is 5.91 Å². The second kappa shape index (κ2) is 5.37. The number of carbonyl (C=O) groups excluding carboxylic acids is 1. The van der Waals surface area contributed by atoms with Gasteiger partial charge in [0.05, 0.1) is 12.5 Å². The molecule has 2 aromatic carbocycles. The molecule has 0 spiro atoms. The van der Waals surface area contributed by atoms with Gasteiger partial charge in [0.1, 0.15) is 5.75 Å². The zero-order valence-electron chi connectivity index (χ0n) is 12.0. The van der Waals surface area contributed by atoms with E-state index in [1.165, 1.54) is 0 Å². The SMILES string of the molecule is COc1cccc(-c2ccc(C(C)(C)C(N)=O)cc2)c1. The van der Waals surface area contributed by atoms with Gasteiger partial charge in [-0.3, -0.25) is 4.79 Å². The van der Waals surface area contributed by atoms with Gasteiger partial charge in [-0.2, -0.15) is 0 Å². The van der Waals surface area contributed by atoms with E-state index in [9.17, 15) is 4.79 Å². The van der Waals surface area contributed by atoms with Gasteiger partial charge in [-0.1, -0.05) is 36.4 Å². The fourth-order valence-electron chi connectivity index (χ4n) is 2.02. The number of ether oxygens (including phenoxy) is 1. The maximum atomic E-state index is 11.5. The summed E-state index contributed by atoms with van der Waals surface area (Å²) in [7, 11) is 1.65. The monoisotopic (exact) mass is 269 g/mol. The molecule has 0 saturated heterocycles. The van der Waals surface area contributed by atoms with E-state index in [2.05, 4.69) is 0 Å². The number of benzene rings is 2. The topological polar surface area (TPSA) is 52.3 Å². The van der Waals surface area contributed by atoms with Gasteiger partial charge in [0.25, 0.3) is 0 Å². The molecule has 2 aromatic rings. The third-order valence-electron chi connectivity index (χ3n) is 3.63. The average Bonchev–Trinajstić information content (AvgIpc) is 2.47. The summed E-state index contributed by atoms with van der Waals surface area (Å²) in [6, 6.07) is 15.7. The van der Waals surface area contributed by atoms with E-state index >= 15 is 0 Å². The summed E-state index contributed by atoms with van der Waals surface area (Å²) in [4.78, 5) is 11.5. The van der Waals surface area contributed by atoms with E-state index in [1.54, 1.807) is 7.11 Å². The molecule has 20 heavy (non-hydrogen) atoms. The lowest BCUT2D eigenvalue weighted by Crippen LogP contribution is -2.35. The molecule has 0 unspecified atom stereocenters. The van der Waals surface area contributed by atoms with Crippen LogP contribution in [0.1, 0.15) is 19.4 Å². The highest BCUT2D eigenvalue weighted by Gasteiger charge is 2.26. The normalized spacial score (nSPS) is 11.2. The first-order valence-corrected chi connectivity index (χ1v) is 6.50. The van der Waals surface area contributed by atoms with Crippen LogP contribution in [0.2, 0.25) is 0 Å². The third-order valence-corrected chi connectivity index (χ3v) is 3.63. The van der Waals surface area contributed by atoms with Crippen LogP contribution in [0.4, 0.5) is 0 Å². The molecule has 1 amide bonds. The van der Waals surface area contributed by atoms with Crippen molar-refractivity contribution >= 4 is 5.91 Å². The van der Waals surface area contributed by atoms with Crippen molar-refractivity contribution < 1.29 is 9.53 Å². The van der Waals surface area contributed by atoms with Gasteiger partial charge >= 0.3 is 0 Å². The lowest BCUT2D eigenvalue weighted by atomic mass is 9.83. The maximum Gasteiger partial charge on any atom is 0.227 e. The summed E-state index contributed by atoms with van der Waals surface area (Å²) in [6.45, 7) is 3.66. The molecule has 0 bridgehead atoms. The molecule has 2 rings (SSSR count). The third kappa shape index (κ3) is 2.67. The van der Waals surface area contributed by atoms with Crippen molar-refractivity contribution in [1.29, 1.82) is 0 Å². The van der Waals surface area contributed by atoms with Gasteiger partial charge < -0.3 is 10.5 Å². The molecule has 0 aliphatic heterocycles. The minimum atomic E-state index is -0.660. The van der Waals surface area contributed by atoms with Crippen molar-refractivity contribution in [3.8, 4) is 16.9 Å². The van der Waals surface area contributed by atoms with Crippen LogP contribution in [0.15, 0.2) is 48.5 Å². The molecule has 0 atom stereocenters. The second-order valence-corrected chi connectivity index (χ2v) is 5.30. The predicted molar refractivity (Wildman–Crippen MR) is 80.7 cm³/mol. The Hall–Kier alpha value is -2.29. The van der Waals surface area contributed by atoms with Crippen LogP contribution >= 0.6 is 0 Å². The van der Waals surface area contributed by atoms with Crippen LogP contribution in [0.25, 0.3) is 11.1 Å². The molecular formula is C17H19NO2. The first kappa shape index (κ1) is 14.1. The minimum absolute atomic E-state index is 0.327. The Morgan fingerprint density at radius 2 is 1.70 bits per heavy atom. The number of hydrogen-bond acceptors (Lipinski definition) is 2. The van der Waals surface area contributed by atoms with E-state index < -0.39 is 5.41 Å². The van der Waals surface area contributed by atoms with Gasteiger partial charge in [-0.15, -0.1) is 0 Å². The van der Waals surface area contributed by atoms with Crippen LogP contribution in [0.3, 0.4) is 0 Å². The quantitative estimate of drug-likeness (QED) is 0.927. The van der Waals surface area contributed by atoms with Crippen LogP contribution < -0.4 is 10.5 Å². The molecular weight excluding hydrogens is 250 g/mol. The molecule has 0 aliphatic carbocycles. The Bertz CT molecular complexity index is 615. The molecule has 3 heteroatoms. The van der Waals surface area contributed by atoms with Crippen LogP contribution in [-0.4, -0.2) is 13.0 Å². The largest absolute Gasteiger partial charge is 0.497 e. The Kier molecular flexibility index (Phi) is 3.79. The van der Waals surface area contributed by atoms with Crippen LogP contribution in [-0.2, 0) is 10.2 Å². The lowest BCUT2D eigenvalue weighted by Gasteiger charge is -2.21. The van der Waals surface area contributed by atoms with Gasteiger partial charge in [-0.05, 0) is 42.7 Å². The maximum absolute atomic E-state index is 11.5. The van der Waals surface area contributed by atoms with E-state index in [0.717, 1.165) is 22.4 Å². The van der Waals surface area contributed by atoms with Crippen molar-refractivity contribution in [3.63, 3.8) is 0 Å². The van der Waals surface area contributed by atoms with Crippen LogP contribution in [0.5, 0.6) is 5.75 Å². The van der Waals surface area contributed by atoms with Gasteiger partial charge in [-0.25, -0.2) is 0 Å². The van der Waals surface area contributed by atoms with Gasteiger partial charge in [0, 0.05) is 0 Å². The number of rotatable bonds is 4. The second-order valence-electron chi connectivity index (χ2n) is 5.30. The molecule has 0 radical (unpaired) electrons. The summed E-state index contributed by atoms with van der Waals surface area (Å²) in [5.41, 5.74) is 7.84. The number of carbonyl (C=O) groups is 1. The standard InChI is InChI=1S/C17H19NO2/c1-17(2,16(18)19)14-9-7-12(8-10-14)13-5-4-6-15(11-13)20-3/h4-11H,1-3H3,(H2,18,19). The molecule has 0 heterocycles. The first-order chi connectivity index (χ1) is 9.45. The highest BCUT2D eigenvalue weighted by Crippen LogP contribution is 2.28. The number of nitrogens with two attached hydrogens (primary N) is 1. The molecule has 0 fully saturated rings. The van der Waals surface area contributed by atoms with Crippen LogP contribution in [0, 0.1) is 0 Å². The number of amides is 1. The fourth-order valence-corrected chi connectivity index (χ4v) is 2.02. The number of primary amides is 1. The average molecular weight is 269 g/mol. The fraction of sp³-hybridized carbons (Fsp3) is 0.235. The molecule has 104 valence electrons. The first-order valence-electron chi connectivity index (χ1n) is 6.50. The molecule has 0 aliphatic rings. The highest BCUT2D eigenvalue weighted by atomic mass is 16.5. The Balaban J connectivity index is 2.35. The Labute approximate surface area is 119 Å². The summed E-state index contributed by atoms with van der Waals surface area (Å²) < 4.78 is 5.22. The zero-order valence-corrected chi connectivity index (χ0v) is 12.0. The summed E-state index contributed by atoms with van der Waals surface area (Å²) >= 11 is 0. The molecule has 2 N–H and O–H groups in total. The van der Waals surface area contributed by atoms with Crippen molar-refractivity contribution in [3.05, 3.63) is 54.1 Å². The van der Waals surface area contributed by atoms with Crippen molar-refractivity contribution in [2.75, 3.05) is 7.11 Å². The summed E-state index contributed by atoms with van der Waals surface area (Å²) in [5, 5.41) is 0. The predicted octanol–water partition coefficient (Wildman–Crippen LogP) is 3.13. The molecule has 3 nitrogen and oxygen atoms in total.